The molecule has 0 aromatic rings. The Morgan fingerprint density at radius 3 is 1.54 bits per heavy atom. The Bertz CT molecular complexity index is 372. The molecule has 0 heterocycles. The summed E-state index contributed by atoms with van der Waals surface area (Å²) in [4.78, 5) is 0. The lowest BCUT2D eigenvalue weighted by Crippen LogP contribution is -2.53. The molecule has 0 radical (unpaired) electrons. The van der Waals surface area contributed by atoms with Crippen LogP contribution < -0.4 is 0 Å². The van der Waals surface area contributed by atoms with E-state index in [4.69, 9.17) is 14.3 Å². The van der Waals surface area contributed by atoms with Crippen molar-refractivity contribution in [3.05, 3.63) is 17.9 Å². The lowest BCUT2D eigenvalue weighted by atomic mass is 10.2. The third-order valence-corrected chi connectivity index (χ3v) is 16.3. The number of hydrogen-bond acceptors (Lipinski definition) is 3. The summed E-state index contributed by atoms with van der Waals surface area (Å²) in [5.74, 6) is 0. The lowest BCUT2D eigenvalue weighted by molar-refractivity contribution is 0.289. The summed E-state index contributed by atoms with van der Waals surface area (Å²) in [5, 5.41) is 17.2. The highest BCUT2D eigenvalue weighted by Crippen LogP contribution is 2.44. The van der Waals surface area contributed by atoms with Gasteiger partial charge in [0.05, 0.1) is 6.61 Å². The minimum absolute atomic E-state index is 0.0373. The van der Waals surface area contributed by atoms with Crippen molar-refractivity contribution in [3.8, 4) is 0 Å². The average Bonchev–Trinajstić information content (AvgIpc) is 2.35. The van der Waals surface area contributed by atoms with Crippen LogP contribution in [0.4, 0.5) is 0 Å². The van der Waals surface area contributed by atoms with Crippen molar-refractivity contribution in [1.82, 2.24) is 0 Å². The Labute approximate surface area is 153 Å². The van der Waals surface area contributed by atoms with Crippen LogP contribution >= 0.6 is 0 Å². The fourth-order valence-electron chi connectivity index (χ4n) is 1.36. The number of aliphatic hydroxyl groups is 2. The van der Waals surface area contributed by atoms with Gasteiger partial charge in [-0.15, -0.1) is 5.73 Å². The Morgan fingerprint density at radius 2 is 1.25 bits per heavy atom. The lowest BCUT2D eigenvalue weighted by Gasteiger charge is -2.47. The Morgan fingerprint density at radius 1 is 0.833 bits per heavy atom. The first-order valence-electron chi connectivity index (χ1n) is 8.93. The van der Waals surface area contributed by atoms with Crippen LogP contribution in [0.1, 0.15) is 54.4 Å². The Balaban J connectivity index is 0. The molecule has 144 valence electrons. The molecule has 0 aliphatic carbocycles. The maximum Gasteiger partial charge on any atom is 0.178 e. The first kappa shape index (κ1) is 26.1. The number of aliphatic hydroxyl groups excluding tert-OH is 2. The topological polar surface area (TPSA) is 49.7 Å². The monoisotopic (exact) mass is 374 g/mol. The molecular formula is C19H42O3Si2. The van der Waals surface area contributed by atoms with Crippen LogP contribution in [0.15, 0.2) is 17.9 Å². The summed E-state index contributed by atoms with van der Waals surface area (Å²) in [6, 6.07) is 0. The van der Waals surface area contributed by atoms with Crippen molar-refractivity contribution in [1.29, 1.82) is 0 Å². The van der Waals surface area contributed by atoms with Gasteiger partial charge < -0.3 is 14.3 Å². The molecule has 2 N–H and O–H groups in total. The Kier molecular flexibility index (Phi) is 11.7. The molecule has 0 amide bonds. The Hall–Kier alpha value is -0.166. The van der Waals surface area contributed by atoms with Gasteiger partial charge in [-0.3, -0.25) is 0 Å². The molecule has 0 bridgehead atoms. The largest absolute Gasteiger partial charge is 0.455 e. The molecule has 0 aromatic heterocycles. The summed E-state index contributed by atoms with van der Waals surface area (Å²) in [6.45, 7) is 23.5. The summed E-state index contributed by atoms with van der Waals surface area (Å²) in [7, 11) is -3.18. The van der Waals surface area contributed by atoms with E-state index in [1.807, 2.05) is 0 Å². The van der Waals surface area contributed by atoms with E-state index >= 15 is 0 Å². The molecule has 0 saturated carbocycles. The van der Waals surface area contributed by atoms with Crippen LogP contribution in [0.2, 0.25) is 36.3 Å². The van der Waals surface area contributed by atoms with E-state index in [9.17, 15) is 0 Å². The minimum atomic E-state index is -1.59. The van der Waals surface area contributed by atoms with Crippen LogP contribution in [0.5, 0.6) is 0 Å². The fraction of sp³-hybridized carbons (Fsp3) is 0.842. The third-order valence-electron chi connectivity index (χ3n) is 4.96. The summed E-state index contributed by atoms with van der Waals surface area (Å²) < 4.78 is 6.63. The van der Waals surface area contributed by atoms with Crippen molar-refractivity contribution in [2.75, 3.05) is 13.2 Å². The van der Waals surface area contributed by atoms with Gasteiger partial charge in [0, 0.05) is 6.61 Å². The number of hydrogen-bond donors (Lipinski definition) is 2. The van der Waals surface area contributed by atoms with Gasteiger partial charge >= 0.3 is 0 Å². The van der Waals surface area contributed by atoms with Crippen LogP contribution in [-0.4, -0.2) is 40.1 Å². The summed E-state index contributed by atoms with van der Waals surface area (Å²) in [6.07, 6.45) is 4.93. The standard InChI is InChI=1S/C12H30OSi2.C7H12O2/c1-11(2,3)14(7,8)13-15(9,10)12(4,5)6;8-6-4-2-1-3-5-7-9/h1-10H3;1,5,8-9H,2,4,6-7H2. The maximum atomic E-state index is 8.32. The molecule has 0 aliphatic heterocycles. The first-order chi connectivity index (χ1) is 10.6. The maximum absolute atomic E-state index is 8.32. The van der Waals surface area contributed by atoms with Crippen LogP contribution in [0.25, 0.3) is 0 Å². The van der Waals surface area contributed by atoms with Crippen molar-refractivity contribution in [3.63, 3.8) is 0 Å². The van der Waals surface area contributed by atoms with Gasteiger partial charge in [0.2, 0.25) is 0 Å². The van der Waals surface area contributed by atoms with Crippen molar-refractivity contribution < 1.29 is 14.3 Å². The van der Waals surface area contributed by atoms with Crippen LogP contribution in [0.3, 0.4) is 0 Å². The smallest absolute Gasteiger partial charge is 0.178 e. The molecule has 0 rings (SSSR count). The van der Waals surface area contributed by atoms with Gasteiger partial charge in [-0.2, -0.15) is 0 Å². The van der Waals surface area contributed by atoms with Gasteiger partial charge in [-0.05, 0) is 61.3 Å². The highest BCUT2D eigenvalue weighted by Gasteiger charge is 2.46. The minimum Gasteiger partial charge on any atom is -0.455 e. The van der Waals surface area contributed by atoms with Crippen LogP contribution in [-0.2, 0) is 4.12 Å². The van der Waals surface area contributed by atoms with Gasteiger partial charge in [0.1, 0.15) is 0 Å². The molecule has 0 aromatic carbocycles. The molecule has 0 saturated heterocycles. The van der Waals surface area contributed by atoms with Crippen molar-refractivity contribution >= 4 is 16.6 Å². The highest BCUT2D eigenvalue weighted by atomic mass is 28.4. The van der Waals surface area contributed by atoms with Crippen LogP contribution in [0, 0.1) is 0 Å². The quantitative estimate of drug-likeness (QED) is 0.368. The third kappa shape index (κ3) is 10.6. The zero-order valence-electron chi connectivity index (χ0n) is 17.8. The first-order valence-corrected chi connectivity index (χ1v) is 14.8. The van der Waals surface area contributed by atoms with Gasteiger partial charge in [-0.25, -0.2) is 0 Å². The molecule has 0 fully saturated rings. The van der Waals surface area contributed by atoms with Gasteiger partial charge in [0.15, 0.2) is 16.6 Å². The molecule has 24 heavy (non-hydrogen) atoms. The average molecular weight is 375 g/mol. The van der Waals surface area contributed by atoms with E-state index in [2.05, 4.69) is 73.5 Å². The van der Waals surface area contributed by atoms with E-state index in [1.54, 1.807) is 6.08 Å². The predicted octanol–water partition coefficient (Wildman–Crippen LogP) is 5.48. The fourth-order valence-corrected chi connectivity index (χ4v) is 8.91. The van der Waals surface area contributed by atoms with E-state index in [0.29, 0.717) is 10.1 Å². The zero-order chi connectivity index (χ0) is 19.7. The highest BCUT2D eigenvalue weighted by molar-refractivity contribution is 6.87. The van der Waals surface area contributed by atoms with Crippen molar-refractivity contribution in [2.24, 2.45) is 0 Å². The SMILES string of the molecule is CC(C)(C)[Si](C)(C)O[Si](C)(C)C(C)(C)C.OCC=C=CCCCO. The van der Waals surface area contributed by atoms with E-state index in [1.165, 1.54) is 6.08 Å². The van der Waals surface area contributed by atoms with E-state index in [0.717, 1.165) is 12.8 Å². The van der Waals surface area contributed by atoms with E-state index in [-0.39, 0.29) is 13.2 Å². The second kappa shape index (κ2) is 10.7. The molecule has 5 heteroatoms. The summed E-state index contributed by atoms with van der Waals surface area (Å²) in [5.41, 5.74) is 2.76. The summed E-state index contributed by atoms with van der Waals surface area (Å²) >= 11 is 0. The van der Waals surface area contributed by atoms with E-state index < -0.39 is 16.6 Å². The van der Waals surface area contributed by atoms with Gasteiger partial charge in [-0.1, -0.05) is 41.5 Å². The molecule has 0 spiro atoms. The second-order valence-corrected chi connectivity index (χ2v) is 19.1. The number of rotatable bonds is 6. The zero-order valence-corrected chi connectivity index (χ0v) is 19.8. The molecule has 0 unspecified atom stereocenters. The molecule has 0 atom stereocenters. The van der Waals surface area contributed by atoms with Gasteiger partial charge in [0.25, 0.3) is 0 Å². The normalized spacial score (nSPS) is 12.8. The van der Waals surface area contributed by atoms with Crippen molar-refractivity contribution in [2.45, 2.75) is 90.6 Å². The predicted molar refractivity (Wildman–Crippen MR) is 112 cm³/mol. The molecular weight excluding hydrogens is 332 g/mol. The molecule has 0 aliphatic rings. The second-order valence-electron chi connectivity index (χ2n) is 9.25. The molecule has 3 nitrogen and oxygen atoms in total. The number of unbranched alkanes of at least 4 members (excludes halogenated alkanes) is 1.